The van der Waals surface area contributed by atoms with Gasteiger partial charge in [0.15, 0.2) is 12.4 Å². The van der Waals surface area contributed by atoms with E-state index in [2.05, 4.69) is 11.0 Å². The monoisotopic (exact) mass is 416 g/mol. The zero-order valence-electron chi connectivity index (χ0n) is 15.6. The van der Waals surface area contributed by atoms with Crippen molar-refractivity contribution in [3.63, 3.8) is 0 Å². The number of rotatable bonds is 5. The van der Waals surface area contributed by atoms with Crippen molar-refractivity contribution in [1.29, 1.82) is 5.26 Å². The number of nitrogens with two attached hydrogens (primary N) is 1. The van der Waals surface area contributed by atoms with Crippen molar-refractivity contribution in [2.45, 2.75) is 30.6 Å². The Labute approximate surface area is 168 Å². The molecule has 0 radical (unpaired) electrons. The number of nitrogens with zero attached hydrogens (tertiary/aromatic N) is 3. The number of anilines is 1. The standard InChI is InChI=1S/C19H20N4O5S/c1-12(21)14(10-20)16(24)11-28-19(25)13-6-7-15-17(9-13)29(26,27)22-18-5-3-2-4-8-23(15)18/h6-7,9,14H,1-5,8,11,21H2/t14-/m0/s1. The fourth-order valence-electron chi connectivity index (χ4n) is 3.27. The van der Waals surface area contributed by atoms with Crippen LogP contribution in [0, 0.1) is 17.2 Å². The second kappa shape index (κ2) is 8.05. The van der Waals surface area contributed by atoms with Crippen molar-refractivity contribution in [3.05, 3.63) is 36.0 Å². The molecule has 3 rings (SSSR count). The molecule has 1 aromatic rings. The zero-order valence-corrected chi connectivity index (χ0v) is 16.4. The molecular formula is C19H20N4O5S. The summed E-state index contributed by atoms with van der Waals surface area (Å²) in [7, 11) is -3.94. The topological polar surface area (TPSA) is 143 Å². The fraction of sp³-hybridized carbons (Fsp3) is 0.368. The average molecular weight is 416 g/mol. The quantitative estimate of drug-likeness (QED) is 0.712. The molecule has 0 aromatic heterocycles. The lowest BCUT2D eigenvalue weighted by Crippen LogP contribution is -2.35. The average Bonchev–Trinajstić information content (AvgIpc) is 2.91. The fourth-order valence-corrected chi connectivity index (χ4v) is 4.56. The lowest BCUT2D eigenvalue weighted by atomic mass is 10.0. The number of carbonyl (C=O) groups is 2. The molecule has 152 valence electrons. The van der Waals surface area contributed by atoms with Gasteiger partial charge in [-0.2, -0.15) is 13.7 Å². The van der Waals surface area contributed by atoms with Gasteiger partial charge in [0.1, 0.15) is 16.6 Å². The van der Waals surface area contributed by atoms with Crippen LogP contribution in [0.3, 0.4) is 0 Å². The van der Waals surface area contributed by atoms with Crippen LogP contribution in [-0.2, 0) is 19.6 Å². The largest absolute Gasteiger partial charge is 0.454 e. The second-order valence-corrected chi connectivity index (χ2v) is 8.38. The van der Waals surface area contributed by atoms with Crippen molar-refractivity contribution in [3.8, 4) is 6.07 Å². The maximum absolute atomic E-state index is 12.6. The van der Waals surface area contributed by atoms with Gasteiger partial charge in [0.05, 0.1) is 17.3 Å². The Morgan fingerprint density at radius 2 is 2.10 bits per heavy atom. The van der Waals surface area contributed by atoms with Crippen molar-refractivity contribution in [2.24, 2.45) is 16.0 Å². The number of Topliss-reactive ketones (excluding diaryl/α,β-unsaturated/α-hetero) is 1. The van der Waals surface area contributed by atoms with Crippen molar-refractivity contribution >= 4 is 33.3 Å². The molecule has 1 atom stereocenters. The van der Waals surface area contributed by atoms with Crippen LogP contribution < -0.4 is 10.6 Å². The van der Waals surface area contributed by atoms with E-state index in [1.807, 2.05) is 4.90 Å². The number of esters is 1. The summed E-state index contributed by atoms with van der Waals surface area (Å²) in [6, 6.07) is 5.87. The minimum atomic E-state index is -3.94. The molecule has 0 saturated carbocycles. The molecule has 0 bridgehead atoms. The van der Waals surface area contributed by atoms with E-state index in [1.54, 1.807) is 12.1 Å². The molecule has 9 nitrogen and oxygen atoms in total. The molecule has 2 aliphatic rings. The first-order chi connectivity index (χ1) is 13.7. The molecule has 10 heteroatoms. The van der Waals surface area contributed by atoms with Crippen LogP contribution in [0.15, 0.2) is 39.8 Å². The Kier molecular flexibility index (Phi) is 5.70. The highest BCUT2D eigenvalue weighted by Crippen LogP contribution is 2.35. The lowest BCUT2D eigenvalue weighted by molar-refractivity contribution is -0.123. The van der Waals surface area contributed by atoms with Crippen LogP contribution in [0.2, 0.25) is 0 Å². The Morgan fingerprint density at radius 1 is 1.34 bits per heavy atom. The summed E-state index contributed by atoms with van der Waals surface area (Å²) in [6.45, 7) is 3.32. The number of sulfonamides is 1. The molecule has 2 aliphatic heterocycles. The van der Waals surface area contributed by atoms with Crippen molar-refractivity contribution < 1.29 is 22.7 Å². The highest BCUT2D eigenvalue weighted by Gasteiger charge is 2.32. The van der Waals surface area contributed by atoms with Gasteiger partial charge >= 0.3 is 5.97 Å². The number of ketones is 1. The van der Waals surface area contributed by atoms with Crippen molar-refractivity contribution in [1.82, 2.24) is 0 Å². The molecule has 1 aromatic carbocycles. The molecule has 0 spiro atoms. The highest BCUT2D eigenvalue weighted by molar-refractivity contribution is 7.90. The van der Waals surface area contributed by atoms with E-state index in [0.29, 0.717) is 24.5 Å². The summed E-state index contributed by atoms with van der Waals surface area (Å²) < 4.78 is 34.1. The number of nitriles is 1. The van der Waals surface area contributed by atoms with Gasteiger partial charge in [-0.1, -0.05) is 13.0 Å². The molecule has 2 heterocycles. The lowest BCUT2D eigenvalue weighted by Gasteiger charge is -2.29. The Bertz CT molecular complexity index is 1050. The minimum absolute atomic E-state index is 0.0336. The smallest absolute Gasteiger partial charge is 0.338 e. The van der Waals surface area contributed by atoms with Gasteiger partial charge in [0.25, 0.3) is 10.0 Å². The van der Waals surface area contributed by atoms with Gasteiger partial charge in [-0.05, 0) is 31.0 Å². The van der Waals surface area contributed by atoms with Crippen molar-refractivity contribution in [2.75, 3.05) is 18.1 Å². The maximum Gasteiger partial charge on any atom is 0.338 e. The number of ether oxygens (including phenoxy) is 1. The number of benzene rings is 1. The van der Waals surface area contributed by atoms with Crippen LogP contribution in [-0.4, -0.2) is 39.2 Å². The third-order valence-corrected chi connectivity index (χ3v) is 6.08. The predicted molar refractivity (Wildman–Crippen MR) is 105 cm³/mol. The Balaban J connectivity index is 1.83. The van der Waals surface area contributed by atoms with Gasteiger partial charge < -0.3 is 15.4 Å². The molecule has 0 aliphatic carbocycles. The van der Waals surface area contributed by atoms with E-state index in [1.165, 1.54) is 12.1 Å². The van der Waals surface area contributed by atoms with E-state index in [0.717, 1.165) is 19.3 Å². The normalized spacial score (nSPS) is 18.2. The van der Waals surface area contributed by atoms with E-state index < -0.39 is 34.3 Å². The summed E-state index contributed by atoms with van der Waals surface area (Å²) in [6.07, 6.45) is 3.35. The summed E-state index contributed by atoms with van der Waals surface area (Å²) in [5, 5.41) is 8.92. The Hall–Kier alpha value is -3.19. The number of fused-ring (bicyclic) bond motifs is 3. The van der Waals surface area contributed by atoms with E-state index >= 15 is 0 Å². The van der Waals surface area contributed by atoms with E-state index in [9.17, 15) is 18.0 Å². The first-order valence-electron chi connectivity index (χ1n) is 9.04. The second-order valence-electron chi connectivity index (χ2n) is 6.81. The molecular weight excluding hydrogens is 396 g/mol. The molecule has 2 N–H and O–H groups in total. The van der Waals surface area contributed by atoms with Crippen LogP contribution >= 0.6 is 0 Å². The third-order valence-electron chi connectivity index (χ3n) is 4.75. The van der Waals surface area contributed by atoms with E-state index in [4.69, 9.17) is 15.7 Å². The van der Waals surface area contributed by atoms with Crippen LogP contribution in [0.5, 0.6) is 0 Å². The minimum Gasteiger partial charge on any atom is -0.454 e. The summed E-state index contributed by atoms with van der Waals surface area (Å²) in [5.41, 5.74) is 5.68. The number of allylic oxidation sites excluding steroid dienone is 1. The molecule has 1 saturated heterocycles. The third kappa shape index (κ3) is 4.14. The number of carbonyl (C=O) groups excluding carboxylic acids is 2. The molecule has 1 fully saturated rings. The van der Waals surface area contributed by atoms with Gasteiger partial charge in [-0.15, -0.1) is 4.40 Å². The predicted octanol–water partition coefficient (Wildman–Crippen LogP) is 1.51. The number of hydrogen-bond donors (Lipinski definition) is 1. The summed E-state index contributed by atoms with van der Waals surface area (Å²) >= 11 is 0. The summed E-state index contributed by atoms with van der Waals surface area (Å²) in [5.74, 6) is -2.36. The first kappa shape index (κ1) is 20.5. The Morgan fingerprint density at radius 3 is 2.79 bits per heavy atom. The van der Waals surface area contributed by atoms with Gasteiger partial charge in [0, 0.05) is 18.7 Å². The van der Waals surface area contributed by atoms with E-state index in [-0.39, 0.29) is 16.2 Å². The molecule has 0 unspecified atom stereocenters. The summed E-state index contributed by atoms with van der Waals surface area (Å²) in [4.78, 5) is 26.0. The van der Waals surface area contributed by atoms with Crippen LogP contribution in [0.1, 0.15) is 36.0 Å². The number of amidine groups is 1. The first-order valence-corrected chi connectivity index (χ1v) is 10.5. The van der Waals surface area contributed by atoms with Gasteiger partial charge in [-0.25, -0.2) is 4.79 Å². The van der Waals surface area contributed by atoms with Gasteiger partial charge in [-0.3, -0.25) is 4.79 Å². The molecule has 29 heavy (non-hydrogen) atoms. The number of hydrogen-bond acceptors (Lipinski definition) is 8. The highest BCUT2D eigenvalue weighted by atomic mass is 32.2. The zero-order chi connectivity index (χ0) is 21.2. The van der Waals surface area contributed by atoms with Crippen LogP contribution in [0.25, 0.3) is 0 Å². The van der Waals surface area contributed by atoms with Gasteiger partial charge in [0.2, 0.25) is 0 Å². The maximum atomic E-state index is 12.6. The van der Waals surface area contributed by atoms with Crippen LogP contribution in [0.4, 0.5) is 5.69 Å². The SMILES string of the molecule is C=C(N)[C@H](C#N)C(=O)COC(=O)c1ccc2c(c1)S(=O)(=O)N=C1CCCCCN12. The molecule has 0 amide bonds.